The smallest absolute Gasteiger partial charge is 0.165 e. The molecule has 0 aliphatic carbocycles. The predicted molar refractivity (Wildman–Crippen MR) is 79.4 cm³/mol. The van der Waals surface area contributed by atoms with Crippen molar-refractivity contribution in [2.24, 2.45) is 0 Å². The van der Waals surface area contributed by atoms with Crippen LogP contribution in [-0.4, -0.2) is 31.7 Å². The van der Waals surface area contributed by atoms with E-state index in [4.69, 9.17) is 0 Å². The topological polar surface area (TPSA) is 46.8 Å². The maximum atomic E-state index is 4.21. The number of hydrogen-bond acceptors (Lipinski definition) is 5. The molecule has 0 saturated carbocycles. The number of aryl methyl sites for hydroxylation is 1. The number of hydrogen-bond donors (Lipinski definition) is 0. The maximum absolute atomic E-state index is 4.21. The van der Waals surface area contributed by atoms with Crippen LogP contribution in [0, 0.1) is 0 Å². The summed E-state index contributed by atoms with van der Waals surface area (Å²) >= 11 is 1.78. The van der Waals surface area contributed by atoms with Crippen molar-refractivity contribution >= 4 is 11.3 Å². The summed E-state index contributed by atoms with van der Waals surface area (Å²) in [5, 5.41) is 16.6. The Morgan fingerprint density at radius 3 is 3.20 bits per heavy atom. The van der Waals surface area contributed by atoms with Gasteiger partial charge in [-0.05, 0) is 58.6 Å². The molecule has 1 saturated heterocycles. The predicted octanol–water partition coefficient (Wildman–Crippen LogP) is 2.87. The van der Waals surface area contributed by atoms with Crippen LogP contribution in [0.15, 0.2) is 16.8 Å². The summed E-state index contributed by atoms with van der Waals surface area (Å²) in [4.78, 5) is 2.51. The van der Waals surface area contributed by atoms with Crippen LogP contribution >= 0.6 is 11.3 Å². The number of aromatic nitrogens is 4. The number of nitrogens with zero attached hydrogens (tertiary/aromatic N) is 5. The molecule has 0 amide bonds. The van der Waals surface area contributed by atoms with Gasteiger partial charge in [0.05, 0.1) is 6.54 Å². The lowest BCUT2D eigenvalue weighted by atomic mass is 10.1. The highest BCUT2D eigenvalue weighted by Gasteiger charge is 2.27. The first-order chi connectivity index (χ1) is 9.88. The van der Waals surface area contributed by atoms with Crippen molar-refractivity contribution in [1.82, 2.24) is 25.1 Å². The lowest BCUT2D eigenvalue weighted by molar-refractivity contribution is 0.237. The second kappa shape index (κ2) is 6.45. The maximum Gasteiger partial charge on any atom is 0.165 e. The van der Waals surface area contributed by atoms with E-state index in [1.165, 1.54) is 24.8 Å². The molecule has 6 heteroatoms. The number of likely N-dealkylation sites (tertiary alicyclic amines) is 1. The van der Waals surface area contributed by atoms with Crippen LogP contribution in [0.4, 0.5) is 0 Å². The molecule has 0 bridgehead atoms. The van der Waals surface area contributed by atoms with E-state index >= 15 is 0 Å². The van der Waals surface area contributed by atoms with Crippen LogP contribution in [0.1, 0.15) is 50.0 Å². The van der Waals surface area contributed by atoms with E-state index in [-0.39, 0.29) is 0 Å². The van der Waals surface area contributed by atoms with Gasteiger partial charge < -0.3 is 0 Å². The van der Waals surface area contributed by atoms with Crippen LogP contribution in [0.2, 0.25) is 0 Å². The molecule has 3 rings (SSSR count). The van der Waals surface area contributed by atoms with E-state index in [9.17, 15) is 0 Å². The third-order valence-electron chi connectivity index (χ3n) is 3.97. The first-order valence-electron chi connectivity index (χ1n) is 7.39. The van der Waals surface area contributed by atoms with Crippen LogP contribution in [0.25, 0.3) is 0 Å². The van der Waals surface area contributed by atoms with Gasteiger partial charge in [-0.1, -0.05) is 13.3 Å². The summed E-state index contributed by atoms with van der Waals surface area (Å²) in [6, 6.07) is 2.78. The van der Waals surface area contributed by atoms with Crippen molar-refractivity contribution in [1.29, 1.82) is 0 Å². The molecule has 0 aromatic carbocycles. The lowest BCUT2D eigenvalue weighted by Gasteiger charge is -2.23. The minimum absolute atomic E-state index is 0.539. The van der Waals surface area contributed by atoms with Gasteiger partial charge >= 0.3 is 0 Å². The fourth-order valence-corrected chi connectivity index (χ4v) is 3.56. The van der Waals surface area contributed by atoms with E-state index in [0.717, 1.165) is 31.9 Å². The molecule has 1 fully saturated rings. The van der Waals surface area contributed by atoms with E-state index in [1.54, 1.807) is 11.3 Å². The largest absolute Gasteiger partial charge is 0.289 e. The first kappa shape index (κ1) is 13.7. The number of thiophene rings is 1. The van der Waals surface area contributed by atoms with Crippen molar-refractivity contribution in [2.75, 3.05) is 6.54 Å². The Hall–Kier alpha value is -1.27. The van der Waals surface area contributed by atoms with E-state index in [2.05, 4.69) is 44.2 Å². The van der Waals surface area contributed by atoms with Crippen LogP contribution in [0.3, 0.4) is 0 Å². The normalized spacial score (nSPS) is 19.8. The van der Waals surface area contributed by atoms with Gasteiger partial charge in [-0.25, -0.2) is 4.68 Å². The second-order valence-corrected chi connectivity index (χ2v) is 6.14. The molecule has 3 heterocycles. The molecular formula is C14H21N5S. The molecule has 0 radical (unpaired) electrons. The van der Waals surface area contributed by atoms with E-state index in [1.807, 2.05) is 4.68 Å². The molecule has 2 aromatic heterocycles. The Balaban J connectivity index is 1.69. The molecule has 1 unspecified atom stereocenters. The van der Waals surface area contributed by atoms with E-state index < -0.39 is 0 Å². The molecule has 20 heavy (non-hydrogen) atoms. The molecule has 2 aromatic rings. The fourth-order valence-electron chi connectivity index (χ4n) is 2.86. The minimum atomic E-state index is 0.539. The highest BCUT2D eigenvalue weighted by Crippen LogP contribution is 2.33. The number of unbranched alkanes of at least 4 members (excludes halogenated alkanes) is 1. The quantitative estimate of drug-likeness (QED) is 0.821. The first-order valence-corrected chi connectivity index (χ1v) is 8.34. The summed E-state index contributed by atoms with van der Waals surface area (Å²) < 4.78 is 1.96. The molecule has 5 nitrogen and oxygen atoms in total. The van der Waals surface area contributed by atoms with E-state index in [0.29, 0.717) is 6.04 Å². The third kappa shape index (κ3) is 2.91. The van der Waals surface area contributed by atoms with Gasteiger partial charge in [0.2, 0.25) is 0 Å². The Labute approximate surface area is 123 Å². The van der Waals surface area contributed by atoms with Crippen molar-refractivity contribution < 1.29 is 0 Å². The van der Waals surface area contributed by atoms with Gasteiger partial charge in [0.1, 0.15) is 0 Å². The van der Waals surface area contributed by atoms with Gasteiger partial charge in [0.15, 0.2) is 5.82 Å². The van der Waals surface area contributed by atoms with Gasteiger partial charge in [0, 0.05) is 12.6 Å². The zero-order valence-electron chi connectivity index (χ0n) is 11.9. The Kier molecular flexibility index (Phi) is 4.42. The zero-order chi connectivity index (χ0) is 13.8. The summed E-state index contributed by atoms with van der Waals surface area (Å²) in [5.74, 6) is 1.00. The zero-order valence-corrected chi connectivity index (χ0v) is 12.7. The average molecular weight is 291 g/mol. The van der Waals surface area contributed by atoms with Crippen LogP contribution < -0.4 is 0 Å². The summed E-state index contributed by atoms with van der Waals surface area (Å²) in [6.07, 6.45) is 4.80. The van der Waals surface area contributed by atoms with Gasteiger partial charge in [-0.15, -0.1) is 5.10 Å². The lowest BCUT2D eigenvalue weighted by Crippen LogP contribution is -2.24. The highest BCUT2D eigenvalue weighted by molar-refractivity contribution is 7.07. The van der Waals surface area contributed by atoms with Gasteiger partial charge in [-0.2, -0.15) is 11.3 Å². The van der Waals surface area contributed by atoms with Crippen molar-refractivity contribution in [2.45, 2.75) is 51.7 Å². The standard InChI is InChI=1S/C14H21N5S/c1-2-3-8-19-14(15-16-17-19)10-18-7-4-5-13(18)12-6-9-20-11-12/h6,9,11,13H,2-5,7-8,10H2,1H3. The summed E-state index contributed by atoms with van der Waals surface area (Å²) in [5.41, 5.74) is 1.44. The van der Waals surface area contributed by atoms with Crippen LogP contribution in [0.5, 0.6) is 0 Å². The summed E-state index contributed by atoms with van der Waals surface area (Å²) in [7, 11) is 0. The number of tetrazole rings is 1. The molecule has 108 valence electrons. The second-order valence-electron chi connectivity index (χ2n) is 5.36. The average Bonchev–Trinajstić information content (AvgIpc) is 3.18. The minimum Gasteiger partial charge on any atom is -0.289 e. The van der Waals surface area contributed by atoms with Crippen LogP contribution in [-0.2, 0) is 13.1 Å². The highest BCUT2D eigenvalue weighted by atomic mass is 32.1. The molecule has 1 aliphatic heterocycles. The monoisotopic (exact) mass is 291 g/mol. The third-order valence-corrected chi connectivity index (χ3v) is 4.67. The summed E-state index contributed by atoms with van der Waals surface area (Å²) in [6.45, 7) is 5.12. The fraction of sp³-hybridized carbons (Fsp3) is 0.643. The number of rotatable bonds is 6. The molecule has 0 N–H and O–H groups in total. The Bertz CT molecular complexity index is 521. The Morgan fingerprint density at radius 1 is 1.45 bits per heavy atom. The van der Waals surface area contributed by atoms with Crippen molar-refractivity contribution in [3.05, 3.63) is 28.2 Å². The van der Waals surface area contributed by atoms with Gasteiger partial charge in [-0.3, -0.25) is 4.90 Å². The molecule has 0 spiro atoms. The molecule has 1 atom stereocenters. The molecular weight excluding hydrogens is 270 g/mol. The van der Waals surface area contributed by atoms with Crippen molar-refractivity contribution in [3.8, 4) is 0 Å². The Morgan fingerprint density at radius 2 is 2.40 bits per heavy atom. The SMILES string of the molecule is CCCCn1nnnc1CN1CCCC1c1ccsc1. The van der Waals surface area contributed by atoms with Crippen molar-refractivity contribution in [3.63, 3.8) is 0 Å². The molecule has 1 aliphatic rings. The van der Waals surface area contributed by atoms with Gasteiger partial charge in [0.25, 0.3) is 0 Å².